The molecule has 0 saturated heterocycles. The summed E-state index contributed by atoms with van der Waals surface area (Å²) in [7, 11) is 0. The molecule has 0 saturated carbocycles. The summed E-state index contributed by atoms with van der Waals surface area (Å²) in [6.45, 7) is 5.57. The fraction of sp³-hybridized carbons (Fsp3) is 0.412. The lowest BCUT2D eigenvalue weighted by Crippen LogP contribution is -2.33. The average molecular weight is 271 g/mol. The van der Waals surface area contributed by atoms with Crippen LogP contribution < -0.4 is 5.32 Å². The Morgan fingerprint density at radius 1 is 1.32 bits per heavy atom. The summed E-state index contributed by atoms with van der Waals surface area (Å²) in [5.74, 6) is 0.649. The van der Waals surface area contributed by atoms with Gasteiger partial charge in [-0.05, 0) is 54.4 Å². The predicted molar refractivity (Wildman–Crippen MR) is 83.0 cm³/mol. The van der Waals surface area contributed by atoms with E-state index < -0.39 is 0 Å². The van der Waals surface area contributed by atoms with E-state index in [1.54, 1.807) is 5.56 Å². The van der Waals surface area contributed by atoms with Crippen LogP contribution in [0, 0.1) is 6.92 Å². The maximum absolute atomic E-state index is 3.76. The van der Waals surface area contributed by atoms with Crippen molar-refractivity contribution >= 4 is 11.3 Å². The Morgan fingerprint density at radius 2 is 2.16 bits per heavy atom. The van der Waals surface area contributed by atoms with Crippen LogP contribution in [0.1, 0.15) is 46.9 Å². The number of benzene rings is 1. The fourth-order valence-electron chi connectivity index (χ4n) is 3.08. The molecular formula is C17H21NS. The van der Waals surface area contributed by atoms with Crippen LogP contribution in [0.5, 0.6) is 0 Å². The van der Waals surface area contributed by atoms with E-state index in [2.05, 4.69) is 54.9 Å². The minimum Gasteiger partial charge on any atom is -0.309 e. The molecule has 100 valence electrons. The van der Waals surface area contributed by atoms with Gasteiger partial charge in [0.2, 0.25) is 0 Å². The third-order valence-electron chi connectivity index (χ3n) is 4.15. The van der Waals surface area contributed by atoms with Crippen molar-refractivity contribution in [3.8, 4) is 0 Å². The summed E-state index contributed by atoms with van der Waals surface area (Å²) in [6, 6.07) is 11.7. The van der Waals surface area contributed by atoms with Gasteiger partial charge in [-0.15, -0.1) is 11.3 Å². The lowest BCUT2D eigenvalue weighted by atomic mass is 9.72. The summed E-state index contributed by atoms with van der Waals surface area (Å²) in [5, 5.41) is 5.98. The van der Waals surface area contributed by atoms with Crippen molar-refractivity contribution in [2.45, 2.75) is 38.6 Å². The largest absolute Gasteiger partial charge is 0.309 e. The number of thiophene rings is 1. The highest BCUT2D eigenvalue weighted by Crippen LogP contribution is 2.44. The molecule has 0 spiro atoms. The average Bonchev–Trinajstić information content (AvgIpc) is 2.81. The molecule has 1 nitrogen and oxygen atoms in total. The van der Waals surface area contributed by atoms with Gasteiger partial charge in [-0.3, -0.25) is 0 Å². The van der Waals surface area contributed by atoms with Gasteiger partial charge in [-0.2, -0.15) is 0 Å². The van der Waals surface area contributed by atoms with E-state index >= 15 is 0 Å². The van der Waals surface area contributed by atoms with Crippen molar-refractivity contribution in [3.63, 3.8) is 0 Å². The van der Waals surface area contributed by atoms with Crippen molar-refractivity contribution in [1.82, 2.24) is 5.32 Å². The van der Waals surface area contributed by atoms with Crippen LogP contribution in [-0.2, 0) is 6.42 Å². The molecule has 1 aromatic heterocycles. The first kappa shape index (κ1) is 12.9. The van der Waals surface area contributed by atoms with Crippen LogP contribution in [-0.4, -0.2) is 6.54 Å². The van der Waals surface area contributed by atoms with Gasteiger partial charge in [0.25, 0.3) is 0 Å². The highest BCUT2D eigenvalue weighted by atomic mass is 32.1. The van der Waals surface area contributed by atoms with Crippen molar-refractivity contribution in [1.29, 1.82) is 0 Å². The molecule has 2 aromatic rings. The van der Waals surface area contributed by atoms with Gasteiger partial charge in [-0.1, -0.05) is 31.2 Å². The van der Waals surface area contributed by atoms with E-state index in [-0.39, 0.29) is 0 Å². The number of hydrogen-bond donors (Lipinski definition) is 1. The number of hydrogen-bond acceptors (Lipinski definition) is 2. The van der Waals surface area contributed by atoms with Gasteiger partial charge < -0.3 is 5.32 Å². The molecule has 0 radical (unpaired) electrons. The van der Waals surface area contributed by atoms with E-state index in [1.165, 1.54) is 28.8 Å². The van der Waals surface area contributed by atoms with Crippen LogP contribution in [0.15, 0.2) is 35.7 Å². The van der Waals surface area contributed by atoms with E-state index in [1.807, 2.05) is 11.3 Å². The Kier molecular flexibility index (Phi) is 3.72. The SMILES string of the molecule is CCCNC(c1ccsc1C)C1Cc2ccccc21. The molecule has 0 bridgehead atoms. The van der Waals surface area contributed by atoms with Gasteiger partial charge in [0.15, 0.2) is 0 Å². The van der Waals surface area contributed by atoms with Gasteiger partial charge >= 0.3 is 0 Å². The molecule has 1 heterocycles. The van der Waals surface area contributed by atoms with E-state index in [9.17, 15) is 0 Å². The lowest BCUT2D eigenvalue weighted by molar-refractivity contribution is 0.411. The maximum atomic E-state index is 3.76. The summed E-state index contributed by atoms with van der Waals surface area (Å²) in [4.78, 5) is 1.46. The number of rotatable bonds is 5. The lowest BCUT2D eigenvalue weighted by Gasteiger charge is -2.37. The van der Waals surface area contributed by atoms with Crippen LogP contribution >= 0.6 is 11.3 Å². The van der Waals surface area contributed by atoms with Crippen molar-refractivity contribution in [3.05, 3.63) is 57.3 Å². The number of aryl methyl sites for hydroxylation is 1. The standard InChI is InChI=1S/C17H21NS/c1-3-9-18-17(14-8-10-19-12(14)2)16-11-13-6-4-5-7-15(13)16/h4-8,10,16-18H,3,9,11H2,1-2H3. The smallest absolute Gasteiger partial charge is 0.0403 e. The zero-order valence-corrected chi connectivity index (χ0v) is 12.5. The predicted octanol–water partition coefficient (Wildman–Crippen LogP) is 4.44. The summed E-state index contributed by atoms with van der Waals surface area (Å²) in [6.07, 6.45) is 2.40. The van der Waals surface area contributed by atoms with E-state index in [0.717, 1.165) is 6.54 Å². The van der Waals surface area contributed by atoms with Crippen LogP contribution in [0.3, 0.4) is 0 Å². The van der Waals surface area contributed by atoms with Crippen molar-refractivity contribution in [2.75, 3.05) is 6.54 Å². The molecule has 19 heavy (non-hydrogen) atoms. The molecule has 2 unspecified atom stereocenters. The van der Waals surface area contributed by atoms with E-state index in [0.29, 0.717) is 12.0 Å². The molecule has 2 atom stereocenters. The van der Waals surface area contributed by atoms with Crippen molar-refractivity contribution in [2.24, 2.45) is 0 Å². The maximum Gasteiger partial charge on any atom is 0.0403 e. The third-order valence-corrected chi connectivity index (χ3v) is 5.01. The van der Waals surface area contributed by atoms with Gasteiger partial charge in [-0.25, -0.2) is 0 Å². The summed E-state index contributed by atoms with van der Waals surface area (Å²) >= 11 is 1.86. The molecule has 2 heteroatoms. The second-order valence-electron chi connectivity index (χ2n) is 5.37. The quantitative estimate of drug-likeness (QED) is 0.848. The molecule has 0 aliphatic heterocycles. The van der Waals surface area contributed by atoms with E-state index in [4.69, 9.17) is 0 Å². The molecule has 1 aliphatic carbocycles. The molecule has 1 N–H and O–H groups in total. The zero-order valence-electron chi connectivity index (χ0n) is 11.6. The highest BCUT2D eigenvalue weighted by Gasteiger charge is 2.34. The Bertz CT molecular complexity index is 558. The normalized spacial score (nSPS) is 18.7. The third kappa shape index (κ3) is 2.35. The highest BCUT2D eigenvalue weighted by molar-refractivity contribution is 7.10. The second-order valence-corrected chi connectivity index (χ2v) is 6.49. The van der Waals surface area contributed by atoms with Crippen LogP contribution in [0.2, 0.25) is 0 Å². The van der Waals surface area contributed by atoms with Gasteiger partial charge in [0.1, 0.15) is 0 Å². The molecule has 1 aliphatic rings. The first-order valence-corrected chi connectivity index (χ1v) is 8.04. The monoisotopic (exact) mass is 271 g/mol. The summed E-state index contributed by atoms with van der Waals surface area (Å²) in [5.41, 5.74) is 4.57. The Labute approximate surface area is 119 Å². The molecule has 3 rings (SSSR count). The minimum atomic E-state index is 0.487. The first-order chi connectivity index (χ1) is 9.31. The van der Waals surface area contributed by atoms with Crippen molar-refractivity contribution < 1.29 is 0 Å². The number of fused-ring (bicyclic) bond motifs is 1. The first-order valence-electron chi connectivity index (χ1n) is 7.16. The molecule has 1 aromatic carbocycles. The Morgan fingerprint density at radius 3 is 2.84 bits per heavy atom. The second kappa shape index (κ2) is 5.48. The Hall–Kier alpha value is -1.12. The molecular weight excluding hydrogens is 250 g/mol. The summed E-state index contributed by atoms with van der Waals surface area (Å²) < 4.78 is 0. The molecule has 0 fully saturated rings. The number of nitrogens with one attached hydrogen (secondary N) is 1. The van der Waals surface area contributed by atoms with Gasteiger partial charge in [0, 0.05) is 16.8 Å². The zero-order chi connectivity index (χ0) is 13.2. The topological polar surface area (TPSA) is 12.0 Å². The van der Waals surface area contributed by atoms with Crippen LogP contribution in [0.25, 0.3) is 0 Å². The molecule has 0 amide bonds. The Balaban J connectivity index is 1.88. The van der Waals surface area contributed by atoms with Crippen LogP contribution in [0.4, 0.5) is 0 Å². The fourth-order valence-corrected chi connectivity index (χ4v) is 3.83. The van der Waals surface area contributed by atoms with Gasteiger partial charge in [0.05, 0.1) is 0 Å². The minimum absolute atomic E-state index is 0.487.